The highest BCUT2D eigenvalue weighted by Crippen LogP contribution is 2.49. The van der Waals surface area contributed by atoms with E-state index in [9.17, 15) is 0 Å². The topological polar surface area (TPSA) is 12.5 Å². The summed E-state index contributed by atoms with van der Waals surface area (Å²) in [4.78, 5) is 0. The summed E-state index contributed by atoms with van der Waals surface area (Å²) < 4.78 is 5.67. The summed E-state index contributed by atoms with van der Waals surface area (Å²) in [7, 11) is 0. The third-order valence-corrected chi connectivity index (χ3v) is 3.89. The van der Waals surface area contributed by atoms with Gasteiger partial charge in [-0.2, -0.15) is 0 Å². The molecule has 1 saturated carbocycles. The SMILES string of the molecule is CC.CCC(C)C1CCCCC12CO2. The van der Waals surface area contributed by atoms with Crippen LogP contribution in [0, 0.1) is 11.8 Å². The lowest BCUT2D eigenvalue weighted by Crippen LogP contribution is -2.32. The molecule has 2 fully saturated rings. The zero-order valence-corrected chi connectivity index (χ0v) is 10.3. The van der Waals surface area contributed by atoms with Gasteiger partial charge in [-0.05, 0) is 24.7 Å². The van der Waals surface area contributed by atoms with Crippen molar-refractivity contribution in [1.82, 2.24) is 0 Å². The Morgan fingerprint density at radius 2 is 2.00 bits per heavy atom. The molecule has 0 aromatic carbocycles. The second-order valence-electron chi connectivity index (χ2n) is 4.59. The van der Waals surface area contributed by atoms with E-state index >= 15 is 0 Å². The fourth-order valence-corrected chi connectivity index (χ4v) is 2.78. The minimum absolute atomic E-state index is 0.369. The maximum atomic E-state index is 5.67. The molecular formula is C13H26O. The Hall–Kier alpha value is -0.0400. The first-order valence-corrected chi connectivity index (χ1v) is 6.42. The van der Waals surface area contributed by atoms with Gasteiger partial charge in [0.25, 0.3) is 0 Å². The van der Waals surface area contributed by atoms with Gasteiger partial charge in [-0.15, -0.1) is 0 Å². The molecule has 1 spiro atoms. The predicted molar refractivity (Wildman–Crippen MR) is 61.4 cm³/mol. The molecule has 0 aromatic rings. The Morgan fingerprint density at radius 1 is 1.36 bits per heavy atom. The zero-order valence-electron chi connectivity index (χ0n) is 10.3. The zero-order chi connectivity index (χ0) is 10.6. The Balaban J connectivity index is 0.000000461. The lowest BCUT2D eigenvalue weighted by Gasteiger charge is -2.33. The van der Waals surface area contributed by atoms with Gasteiger partial charge in [0.15, 0.2) is 0 Å². The van der Waals surface area contributed by atoms with Gasteiger partial charge in [-0.3, -0.25) is 0 Å². The second-order valence-corrected chi connectivity index (χ2v) is 4.59. The van der Waals surface area contributed by atoms with Crippen LogP contribution in [0.4, 0.5) is 0 Å². The smallest absolute Gasteiger partial charge is 0.0947 e. The molecule has 0 bridgehead atoms. The number of hydrogen-bond donors (Lipinski definition) is 0. The predicted octanol–water partition coefficient (Wildman–Crippen LogP) is 4.02. The van der Waals surface area contributed by atoms with Gasteiger partial charge in [0.2, 0.25) is 0 Å². The molecule has 1 aliphatic heterocycles. The van der Waals surface area contributed by atoms with Crippen molar-refractivity contribution in [2.75, 3.05) is 6.61 Å². The minimum atomic E-state index is 0.369. The second kappa shape index (κ2) is 5.16. The van der Waals surface area contributed by atoms with Crippen molar-refractivity contribution in [1.29, 1.82) is 0 Å². The summed E-state index contributed by atoms with van der Waals surface area (Å²) in [6.45, 7) is 9.75. The molecule has 1 aliphatic carbocycles. The summed E-state index contributed by atoms with van der Waals surface area (Å²) >= 11 is 0. The highest BCUT2D eigenvalue weighted by molar-refractivity contribution is 5.01. The van der Waals surface area contributed by atoms with Crippen molar-refractivity contribution in [3.63, 3.8) is 0 Å². The van der Waals surface area contributed by atoms with E-state index in [0.29, 0.717) is 5.60 Å². The fraction of sp³-hybridized carbons (Fsp3) is 1.00. The van der Waals surface area contributed by atoms with E-state index in [2.05, 4.69) is 13.8 Å². The lowest BCUT2D eigenvalue weighted by atomic mass is 9.72. The number of rotatable bonds is 2. The summed E-state index contributed by atoms with van der Waals surface area (Å²) in [5, 5.41) is 0. The van der Waals surface area contributed by atoms with E-state index < -0.39 is 0 Å². The quantitative estimate of drug-likeness (QED) is 0.611. The molecule has 0 amide bonds. The van der Waals surface area contributed by atoms with Crippen molar-refractivity contribution in [3.05, 3.63) is 0 Å². The Morgan fingerprint density at radius 3 is 2.50 bits per heavy atom. The number of hydrogen-bond acceptors (Lipinski definition) is 1. The summed E-state index contributed by atoms with van der Waals surface area (Å²) in [5.74, 6) is 1.74. The monoisotopic (exact) mass is 198 g/mol. The Kier molecular flexibility index (Phi) is 4.43. The molecule has 14 heavy (non-hydrogen) atoms. The molecule has 84 valence electrons. The normalized spacial score (nSPS) is 37.3. The molecule has 3 unspecified atom stereocenters. The minimum Gasteiger partial charge on any atom is -0.369 e. The van der Waals surface area contributed by atoms with Crippen molar-refractivity contribution >= 4 is 0 Å². The summed E-state index contributed by atoms with van der Waals surface area (Å²) in [6.07, 6.45) is 6.89. The van der Waals surface area contributed by atoms with Gasteiger partial charge in [0.05, 0.1) is 12.2 Å². The van der Waals surface area contributed by atoms with E-state index in [0.717, 1.165) is 18.4 Å². The lowest BCUT2D eigenvalue weighted by molar-refractivity contribution is 0.113. The van der Waals surface area contributed by atoms with Crippen LogP contribution in [0.3, 0.4) is 0 Å². The Labute approximate surface area is 89.2 Å². The van der Waals surface area contributed by atoms with Crippen LogP contribution in [-0.4, -0.2) is 12.2 Å². The molecule has 0 N–H and O–H groups in total. The number of epoxide rings is 1. The van der Waals surface area contributed by atoms with Crippen LogP contribution in [0.2, 0.25) is 0 Å². The van der Waals surface area contributed by atoms with E-state index in [1.807, 2.05) is 13.8 Å². The van der Waals surface area contributed by atoms with Gasteiger partial charge >= 0.3 is 0 Å². The van der Waals surface area contributed by atoms with Crippen molar-refractivity contribution in [2.24, 2.45) is 11.8 Å². The van der Waals surface area contributed by atoms with Crippen LogP contribution in [0.5, 0.6) is 0 Å². The molecule has 1 nitrogen and oxygen atoms in total. The van der Waals surface area contributed by atoms with Crippen LogP contribution < -0.4 is 0 Å². The molecule has 0 aromatic heterocycles. The van der Waals surface area contributed by atoms with E-state index in [1.165, 1.54) is 32.1 Å². The van der Waals surface area contributed by atoms with Gasteiger partial charge in [-0.25, -0.2) is 0 Å². The molecule has 1 heteroatoms. The third kappa shape index (κ3) is 2.31. The molecule has 2 aliphatic rings. The molecule has 3 atom stereocenters. The number of ether oxygens (including phenoxy) is 1. The van der Waals surface area contributed by atoms with Gasteiger partial charge in [0, 0.05) is 0 Å². The van der Waals surface area contributed by atoms with Crippen LogP contribution in [0.25, 0.3) is 0 Å². The van der Waals surface area contributed by atoms with Gasteiger partial charge in [0.1, 0.15) is 0 Å². The molecular weight excluding hydrogens is 172 g/mol. The van der Waals surface area contributed by atoms with E-state index in [1.54, 1.807) is 0 Å². The van der Waals surface area contributed by atoms with Crippen LogP contribution >= 0.6 is 0 Å². The summed E-state index contributed by atoms with van der Waals surface area (Å²) in [6, 6.07) is 0. The van der Waals surface area contributed by atoms with Crippen LogP contribution in [0.15, 0.2) is 0 Å². The van der Waals surface area contributed by atoms with E-state index in [4.69, 9.17) is 4.74 Å². The largest absolute Gasteiger partial charge is 0.369 e. The van der Waals surface area contributed by atoms with Crippen LogP contribution in [-0.2, 0) is 4.74 Å². The van der Waals surface area contributed by atoms with E-state index in [-0.39, 0.29) is 0 Å². The highest BCUT2D eigenvalue weighted by atomic mass is 16.6. The van der Waals surface area contributed by atoms with Gasteiger partial charge < -0.3 is 4.74 Å². The highest BCUT2D eigenvalue weighted by Gasteiger charge is 2.53. The average molecular weight is 198 g/mol. The van der Waals surface area contributed by atoms with Crippen molar-refractivity contribution < 1.29 is 4.74 Å². The van der Waals surface area contributed by atoms with Crippen molar-refractivity contribution in [3.8, 4) is 0 Å². The molecule has 2 rings (SSSR count). The fourth-order valence-electron chi connectivity index (χ4n) is 2.78. The average Bonchev–Trinajstić information content (AvgIpc) is 3.01. The molecule has 0 radical (unpaired) electrons. The standard InChI is InChI=1S/C11H20O.C2H6/c1-3-9(2)10-6-4-5-7-11(10)8-12-11;1-2/h9-10H,3-8H2,1-2H3;1-2H3. The van der Waals surface area contributed by atoms with Gasteiger partial charge in [-0.1, -0.05) is 47.0 Å². The first kappa shape index (κ1) is 12.0. The van der Waals surface area contributed by atoms with Crippen LogP contribution in [0.1, 0.15) is 59.8 Å². The first-order chi connectivity index (χ1) is 6.78. The third-order valence-electron chi connectivity index (χ3n) is 3.89. The summed E-state index contributed by atoms with van der Waals surface area (Å²) in [5.41, 5.74) is 0.369. The maximum absolute atomic E-state index is 5.67. The first-order valence-electron chi connectivity index (χ1n) is 6.42. The molecule has 1 saturated heterocycles. The Bertz CT molecular complexity index is 161. The van der Waals surface area contributed by atoms with Crippen molar-refractivity contribution in [2.45, 2.75) is 65.4 Å². The molecule has 1 heterocycles. The maximum Gasteiger partial charge on any atom is 0.0947 e.